The molecule has 0 saturated heterocycles. The largest absolute Gasteiger partial charge is 0.301 e. The standard InChI is InChI=1S/C19H16ClN3O3S3/c20-9-13(28-12-7-5-11(6-8-12)23(25)26)10-27-19-21-17(24)16-14-3-1-2-4-15(14)29-18(16)22-19/h5-9H,1-4,10H2,(H,21,22,24)/b13-9-. The summed E-state index contributed by atoms with van der Waals surface area (Å²) in [6.45, 7) is 0. The molecule has 1 aromatic carbocycles. The molecule has 0 amide bonds. The zero-order valence-electron chi connectivity index (χ0n) is 15.1. The van der Waals surface area contributed by atoms with E-state index in [1.54, 1.807) is 23.5 Å². The topological polar surface area (TPSA) is 88.9 Å². The first-order valence-electron chi connectivity index (χ1n) is 8.94. The molecule has 10 heteroatoms. The van der Waals surface area contributed by atoms with Gasteiger partial charge in [-0.1, -0.05) is 35.1 Å². The Hall–Kier alpha value is -1.81. The molecular weight excluding hydrogens is 450 g/mol. The summed E-state index contributed by atoms with van der Waals surface area (Å²) in [5.74, 6) is 0.532. The van der Waals surface area contributed by atoms with Gasteiger partial charge in [-0.05, 0) is 43.4 Å². The number of nitro groups is 1. The number of aromatic amines is 1. The summed E-state index contributed by atoms with van der Waals surface area (Å²) in [7, 11) is 0. The van der Waals surface area contributed by atoms with Crippen LogP contribution >= 0.6 is 46.5 Å². The third-order valence-corrected chi connectivity index (χ3v) is 8.29. The SMILES string of the molecule is O=c1[nH]c(SC/C(=C/Cl)Sc2ccc([N+](=O)[O-])cc2)nc2sc3c(c12)CCCC3. The molecule has 0 atom stereocenters. The van der Waals surface area contributed by atoms with Crippen LogP contribution in [-0.2, 0) is 12.8 Å². The van der Waals surface area contributed by atoms with Gasteiger partial charge in [-0.15, -0.1) is 11.3 Å². The number of nitrogens with one attached hydrogen (secondary N) is 1. The molecule has 3 aromatic rings. The van der Waals surface area contributed by atoms with E-state index in [0.717, 1.165) is 39.3 Å². The van der Waals surface area contributed by atoms with Gasteiger partial charge in [0.2, 0.25) is 0 Å². The Kier molecular flexibility index (Phi) is 6.29. The molecule has 29 heavy (non-hydrogen) atoms. The lowest BCUT2D eigenvalue weighted by atomic mass is 9.97. The van der Waals surface area contributed by atoms with Crippen LogP contribution in [0.1, 0.15) is 23.3 Å². The van der Waals surface area contributed by atoms with Crippen molar-refractivity contribution in [3.05, 3.63) is 65.6 Å². The summed E-state index contributed by atoms with van der Waals surface area (Å²) in [6, 6.07) is 6.31. The van der Waals surface area contributed by atoms with Gasteiger partial charge in [-0.2, -0.15) is 0 Å². The number of thioether (sulfide) groups is 2. The fourth-order valence-corrected chi connectivity index (χ4v) is 6.56. The van der Waals surface area contributed by atoms with Crippen LogP contribution in [0.2, 0.25) is 0 Å². The molecule has 150 valence electrons. The fourth-order valence-electron chi connectivity index (χ4n) is 3.22. The molecule has 0 unspecified atom stereocenters. The van der Waals surface area contributed by atoms with Gasteiger partial charge in [0.15, 0.2) is 5.16 Å². The molecule has 2 aromatic heterocycles. The Balaban J connectivity index is 1.48. The zero-order chi connectivity index (χ0) is 20.4. The van der Waals surface area contributed by atoms with Crippen molar-refractivity contribution in [3.8, 4) is 0 Å². The van der Waals surface area contributed by atoms with Crippen molar-refractivity contribution in [2.75, 3.05) is 5.75 Å². The van der Waals surface area contributed by atoms with Gasteiger partial charge in [0.25, 0.3) is 11.2 Å². The van der Waals surface area contributed by atoms with Gasteiger partial charge in [0, 0.05) is 38.1 Å². The van der Waals surface area contributed by atoms with E-state index in [-0.39, 0.29) is 11.2 Å². The summed E-state index contributed by atoms with van der Waals surface area (Å²) in [5, 5.41) is 12.1. The van der Waals surface area contributed by atoms with Crippen molar-refractivity contribution < 1.29 is 4.92 Å². The number of H-pyrrole nitrogens is 1. The predicted molar refractivity (Wildman–Crippen MR) is 120 cm³/mol. The predicted octanol–water partition coefficient (Wildman–Crippen LogP) is 5.74. The average Bonchev–Trinajstić information content (AvgIpc) is 3.10. The first-order chi connectivity index (χ1) is 14.0. The Labute approximate surface area is 183 Å². The highest BCUT2D eigenvalue weighted by Gasteiger charge is 2.20. The van der Waals surface area contributed by atoms with E-state index in [1.807, 2.05) is 0 Å². The molecular formula is C19H16ClN3O3S3. The molecule has 0 fully saturated rings. The maximum Gasteiger partial charge on any atom is 0.269 e. The molecule has 1 aliphatic rings. The fraction of sp³-hybridized carbons (Fsp3) is 0.263. The lowest BCUT2D eigenvalue weighted by Gasteiger charge is -2.09. The molecule has 0 saturated carbocycles. The minimum absolute atomic E-state index is 0.0499. The van der Waals surface area contributed by atoms with Crippen LogP contribution in [0.3, 0.4) is 0 Å². The molecule has 1 aliphatic carbocycles. The minimum Gasteiger partial charge on any atom is -0.301 e. The molecule has 0 spiro atoms. The minimum atomic E-state index is -0.427. The molecule has 0 bridgehead atoms. The lowest BCUT2D eigenvalue weighted by Crippen LogP contribution is -2.11. The third-order valence-electron chi connectivity index (χ3n) is 4.57. The van der Waals surface area contributed by atoms with E-state index in [9.17, 15) is 14.9 Å². The van der Waals surface area contributed by atoms with E-state index in [2.05, 4.69) is 9.97 Å². The smallest absolute Gasteiger partial charge is 0.269 e. The maximum absolute atomic E-state index is 12.6. The van der Waals surface area contributed by atoms with Crippen molar-refractivity contribution in [2.24, 2.45) is 0 Å². The van der Waals surface area contributed by atoms with E-state index in [4.69, 9.17) is 11.6 Å². The van der Waals surface area contributed by atoms with Crippen molar-refractivity contribution >= 4 is 62.4 Å². The molecule has 4 rings (SSSR count). The summed E-state index contributed by atoms with van der Waals surface area (Å²) >= 11 is 10.4. The van der Waals surface area contributed by atoms with Crippen molar-refractivity contribution in [2.45, 2.75) is 35.7 Å². The first-order valence-corrected chi connectivity index (χ1v) is 12.0. The van der Waals surface area contributed by atoms with Crippen LogP contribution in [0, 0.1) is 10.1 Å². The number of non-ortho nitro benzene ring substituents is 1. The van der Waals surface area contributed by atoms with Crippen LogP contribution in [-0.4, -0.2) is 20.6 Å². The second-order valence-corrected chi connectivity index (χ2v) is 9.95. The summed E-state index contributed by atoms with van der Waals surface area (Å²) < 4.78 is 0. The lowest BCUT2D eigenvalue weighted by molar-refractivity contribution is -0.384. The number of aromatic nitrogens is 2. The third kappa shape index (κ3) is 4.53. The number of hydrogen-bond donors (Lipinski definition) is 1. The highest BCUT2D eigenvalue weighted by atomic mass is 35.5. The van der Waals surface area contributed by atoms with E-state index >= 15 is 0 Å². The number of benzene rings is 1. The highest BCUT2D eigenvalue weighted by Crippen LogP contribution is 2.35. The van der Waals surface area contributed by atoms with Crippen LogP contribution in [0.4, 0.5) is 5.69 Å². The number of rotatable bonds is 6. The van der Waals surface area contributed by atoms with Gasteiger partial charge in [0.1, 0.15) is 4.83 Å². The van der Waals surface area contributed by atoms with E-state index in [1.165, 1.54) is 58.1 Å². The molecule has 1 N–H and O–H groups in total. The number of halogens is 1. The van der Waals surface area contributed by atoms with Gasteiger partial charge in [-0.25, -0.2) is 4.98 Å². The molecule has 0 aliphatic heterocycles. The van der Waals surface area contributed by atoms with E-state index < -0.39 is 4.92 Å². The van der Waals surface area contributed by atoms with Gasteiger partial charge >= 0.3 is 0 Å². The quantitative estimate of drug-likeness (QED) is 0.216. The summed E-state index contributed by atoms with van der Waals surface area (Å²) in [6.07, 6.45) is 4.28. The van der Waals surface area contributed by atoms with Gasteiger partial charge in [-0.3, -0.25) is 14.9 Å². The van der Waals surface area contributed by atoms with Crippen LogP contribution in [0.25, 0.3) is 10.2 Å². The number of nitrogens with zero attached hydrogens (tertiary/aromatic N) is 2. The number of thiophene rings is 1. The number of nitro benzene ring substituents is 1. The summed E-state index contributed by atoms with van der Waals surface area (Å²) in [5.41, 5.74) is 2.64. The second-order valence-electron chi connectivity index (χ2n) is 6.48. The average molecular weight is 466 g/mol. The Morgan fingerprint density at radius 3 is 2.79 bits per heavy atom. The van der Waals surface area contributed by atoms with Crippen LogP contribution < -0.4 is 5.56 Å². The summed E-state index contributed by atoms with van der Waals surface area (Å²) in [4.78, 5) is 34.3. The zero-order valence-corrected chi connectivity index (χ0v) is 18.3. The Bertz CT molecular complexity index is 1160. The first kappa shape index (κ1) is 20.5. The van der Waals surface area contributed by atoms with Crippen molar-refractivity contribution in [3.63, 3.8) is 0 Å². The van der Waals surface area contributed by atoms with Crippen LogP contribution in [0.5, 0.6) is 0 Å². The van der Waals surface area contributed by atoms with Gasteiger partial charge < -0.3 is 4.98 Å². The Morgan fingerprint density at radius 1 is 1.31 bits per heavy atom. The Morgan fingerprint density at radius 2 is 2.07 bits per heavy atom. The van der Waals surface area contributed by atoms with Crippen LogP contribution in [0.15, 0.2) is 49.6 Å². The maximum atomic E-state index is 12.6. The number of hydrogen-bond acceptors (Lipinski definition) is 7. The molecule has 0 radical (unpaired) electrons. The van der Waals surface area contributed by atoms with E-state index in [0.29, 0.717) is 10.9 Å². The number of fused-ring (bicyclic) bond motifs is 3. The molecule has 6 nitrogen and oxygen atoms in total. The normalized spacial score (nSPS) is 14.2. The van der Waals surface area contributed by atoms with Gasteiger partial charge in [0.05, 0.1) is 10.3 Å². The van der Waals surface area contributed by atoms with Crippen molar-refractivity contribution in [1.29, 1.82) is 0 Å². The molecule has 2 heterocycles. The van der Waals surface area contributed by atoms with Crippen molar-refractivity contribution in [1.82, 2.24) is 9.97 Å². The highest BCUT2D eigenvalue weighted by molar-refractivity contribution is 8.05. The second kappa shape index (κ2) is 8.91. The number of aryl methyl sites for hydroxylation is 2. The monoisotopic (exact) mass is 465 g/mol.